The van der Waals surface area contributed by atoms with Crippen LogP contribution in [0.1, 0.15) is 11.1 Å². The lowest BCUT2D eigenvalue weighted by Crippen LogP contribution is -2.23. The number of nitrogens with two attached hydrogens (primary N) is 1. The van der Waals surface area contributed by atoms with Crippen molar-refractivity contribution in [2.45, 2.75) is 17.6 Å². The summed E-state index contributed by atoms with van der Waals surface area (Å²) in [5, 5.41) is 0. The van der Waals surface area contributed by atoms with Gasteiger partial charge >= 0.3 is 6.18 Å². The smallest absolute Gasteiger partial charge is 0.397 e. The van der Waals surface area contributed by atoms with Gasteiger partial charge in [-0.15, -0.1) is 0 Å². The van der Waals surface area contributed by atoms with Gasteiger partial charge in [0.25, 0.3) is 0 Å². The van der Waals surface area contributed by atoms with Gasteiger partial charge in [0.2, 0.25) is 10.0 Å². The van der Waals surface area contributed by atoms with Crippen molar-refractivity contribution in [2.24, 2.45) is 0 Å². The second-order valence-electron chi connectivity index (χ2n) is 6.01. The molecular formula is C19H16F3N3O2S. The Hall–Kier alpha value is -2.91. The lowest BCUT2D eigenvalue weighted by Gasteiger charge is -2.11. The van der Waals surface area contributed by atoms with Gasteiger partial charge in [0.05, 0.1) is 22.3 Å². The molecule has 0 fully saturated rings. The highest BCUT2D eigenvalue weighted by Crippen LogP contribution is 2.30. The maximum absolute atomic E-state index is 12.8. The van der Waals surface area contributed by atoms with Crippen LogP contribution in [0.3, 0.4) is 0 Å². The van der Waals surface area contributed by atoms with E-state index in [0.717, 1.165) is 29.3 Å². The zero-order chi connectivity index (χ0) is 20.4. The molecule has 0 aliphatic carbocycles. The van der Waals surface area contributed by atoms with Gasteiger partial charge in [0, 0.05) is 18.3 Å². The second kappa shape index (κ2) is 7.61. The Morgan fingerprint density at radius 1 is 1.04 bits per heavy atom. The number of nitrogens with zero attached hydrogens (tertiary/aromatic N) is 1. The highest BCUT2D eigenvalue weighted by molar-refractivity contribution is 7.89. The average Bonchev–Trinajstić information content (AvgIpc) is 2.66. The lowest BCUT2D eigenvalue weighted by atomic mass is 10.0. The minimum atomic E-state index is -4.62. The van der Waals surface area contributed by atoms with Crippen LogP contribution in [0, 0.1) is 0 Å². The molecule has 0 spiro atoms. The molecule has 3 N–H and O–H groups in total. The number of nitrogens with one attached hydrogen (secondary N) is 1. The fraction of sp³-hybridized carbons (Fsp3) is 0.105. The van der Waals surface area contributed by atoms with Crippen LogP contribution in [0.15, 0.2) is 71.9 Å². The zero-order valence-electron chi connectivity index (χ0n) is 14.4. The summed E-state index contributed by atoms with van der Waals surface area (Å²) < 4.78 is 65.5. The molecule has 1 aromatic heterocycles. The van der Waals surface area contributed by atoms with Crippen molar-refractivity contribution in [1.82, 2.24) is 9.71 Å². The van der Waals surface area contributed by atoms with Crippen LogP contribution in [-0.4, -0.2) is 13.4 Å². The van der Waals surface area contributed by atoms with E-state index in [0.29, 0.717) is 17.3 Å². The minimum absolute atomic E-state index is 0.0859. The van der Waals surface area contributed by atoms with Crippen LogP contribution in [0.25, 0.3) is 11.1 Å². The van der Waals surface area contributed by atoms with Crippen LogP contribution < -0.4 is 10.5 Å². The Morgan fingerprint density at radius 2 is 1.79 bits per heavy atom. The summed E-state index contributed by atoms with van der Waals surface area (Å²) in [4.78, 5) is 3.48. The maximum Gasteiger partial charge on any atom is 0.416 e. The summed E-state index contributed by atoms with van der Waals surface area (Å²) in [5.74, 6) is 0. The summed E-state index contributed by atoms with van der Waals surface area (Å²) in [7, 11) is -4.11. The molecule has 0 atom stereocenters. The van der Waals surface area contributed by atoms with E-state index < -0.39 is 26.7 Å². The van der Waals surface area contributed by atoms with Gasteiger partial charge < -0.3 is 5.73 Å². The number of nitrogen functional groups attached to an aromatic ring is 1. The van der Waals surface area contributed by atoms with Gasteiger partial charge in [-0.25, -0.2) is 13.1 Å². The Bertz CT molecular complexity index is 1100. The molecule has 2 aromatic carbocycles. The van der Waals surface area contributed by atoms with E-state index in [1.54, 1.807) is 30.5 Å². The molecule has 146 valence electrons. The van der Waals surface area contributed by atoms with E-state index in [4.69, 9.17) is 5.73 Å². The van der Waals surface area contributed by atoms with Crippen molar-refractivity contribution in [3.63, 3.8) is 0 Å². The number of halogens is 3. The zero-order valence-corrected chi connectivity index (χ0v) is 15.3. The van der Waals surface area contributed by atoms with Crippen molar-refractivity contribution in [2.75, 3.05) is 5.73 Å². The molecule has 0 bridgehead atoms. The molecule has 28 heavy (non-hydrogen) atoms. The number of sulfonamides is 1. The molecule has 0 aliphatic heterocycles. The van der Waals surface area contributed by atoms with Crippen molar-refractivity contribution in [3.05, 3.63) is 78.1 Å². The van der Waals surface area contributed by atoms with Crippen LogP contribution in [0.2, 0.25) is 0 Å². The molecular weight excluding hydrogens is 391 g/mol. The maximum atomic E-state index is 12.8. The Labute approximate surface area is 160 Å². The third-order valence-corrected chi connectivity index (χ3v) is 5.43. The normalized spacial score (nSPS) is 12.1. The first-order valence-electron chi connectivity index (χ1n) is 8.12. The number of aromatic nitrogens is 1. The third kappa shape index (κ3) is 4.49. The number of rotatable bonds is 5. The summed E-state index contributed by atoms with van der Waals surface area (Å²) in [5.41, 5.74) is 7.51. The molecule has 0 aliphatic rings. The third-order valence-electron chi connectivity index (χ3n) is 4.03. The standard InChI is InChI=1S/C19H16F3N3O2S/c20-19(21,22)15-5-2-6-16(10-15)28(26,27)25-11-13-3-1-4-14(9-13)17-7-8-24-12-18(17)23/h1-10,12,25H,11,23H2. The summed E-state index contributed by atoms with van der Waals surface area (Å²) >= 11 is 0. The number of benzene rings is 2. The number of anilines is 1. The van der Waals surface area contributed by atoms with Crippen LogP contribution in [-0.2, 0) is 22.7 Å². The van der Waals surface area contributed by atoms with Crippen molar-refractivity contribution in [1.29, 1.82) is 0 Å². The van der Waals surface area contributed by atoms with Gasteiger partial charge in [-0.1, -0.05) is 24.3 Å². The molecule has 0 amide bonds. The number of hydrogen-bond acceptors (Lipinski definition) is 4. The molecule has 0 unspecified atom stereocenters. The van der Waals surface area contributed by atoms with E-state index in [-0.39, 0.29) is 6.54 Å². The van der Waals surface area contributed by atoms with Gasteiger partial charge in [-0.3, -0.25) is 4.98 Å². The Morgan fingerprint density at radius 3 is 2.50 bits per heavy atom. The SMILES string of the molecule is Nc1cnccc1-c1cccc(CNS(=O)(=O)c2cccc(C(F)(F)F)c2)c1. The van der Waals surface area contributed by atoms with Gasteiger partial charge in [0.15, 0.2) is 0 Å². The van der Waals surface area contributed by atoms with E-state index in [1.807, 2.05) is 6.07 Å². The average molecular weight is 407 g/mol. The second-order valence-corrected chi connectivity index (χ2v) is 7.78. The van der Waals surface area contributed by atoms with Crippen LogP contribution in [0.5, 0.6) is 0 Å². The van der Waals surface area contributed by atoms with E-state index in [9.17, 15) is 21.6 Å². The fourth-order valence-electron chi connectivity index (χ4n) is 2.62. The lowest BCUT2D eigenvalue weighted by molar-refractivity contribution is -0.137. The molecule has 9 heteroatoms. The minimum Gasteiger partial charge on any atom is -0.397 e. The molecule has 5 nitrogen and oxygen atoms in total. The first-order valence-corrected chi connectivity index (χ1v) is 9.61. The molecule has 0 saturated heterocycles. The predicted octanol–water partition coefficient (Wildman–Crippen LogP) is 3.83. The number of alkyl halides is 3. The van der Waals surface area contributed by atoms with Crippen LogP contribution in [0.4, 0.5) is 18.9 Å². The van der Waals surface area contributed by atoms with E-state index in [2.05, 4.69) is 9.71 Å². The van der Waals surface area contributed by atoms with Crippen molar-refractivity contribution < 1.29 is 21.6 Å². The topological polar surface area (TPSA) is 85.1 Å². The van der Waals surface area contributed by atoms with Gasteiger partial charge in [-0.2, -0.15) is 13.2 Å². The van der Waals surface area contributed by atoms with Crippen molar-refractivity contribution >= 4 is 15.7 Å². The van der Waals surface area contributed by atoms with E-state index >= 15 is 0 Å². The Balaban J connectivity index is 1.81. The largest absolute Gasteiger partial charge is 0.416 e. The first kappa shape index (κ1) is 19.8. The molecule has 3 rings (SSSR count). The number of pyridine rings is 1. The van der Waals surface area contributed by atoms with E-state index in [1.165, 1.54) is 6.20 Å². The quantitative estimate of drug-likeness (QED) is 0.673. The van der Waals surface area contributed by atoms with Gasteiger partial charge in [0.1, 0.15) is 0 Å². The number of hydrogen-bond donors (Lipinski definition) is 2. The summed E-state index contributed by atoms with van der Waals surface area (Å²) in [6, 6.07) is 12.4. The molecule has 0 radical (unpaired) electrons. The van der Waals surface area contributed by atoms with Crippen molar-refractivity contribution in [3.8, 4) is 11.1 Å². The highest BCUT2D eigenvalue weighted by Gasteiger charge is 2.31. The Kier molecular flexibility index (Phi) is 5.39. The first-order chi connectivity index (χ1) is 13.2. The molecule has 3 aromatic rings. The molecule has 0 saturated carbocycles. The molecule has 1 heterocycles. The fourth-order valence-corrected chi connectivity index (χ4v) is 3.68. The highest BCUT2D eigenvalue weighted by atomic mass is 32.2. The predicted molar refractivity (Wildman–Crippen MR) is 99.6 cm³/mol. The monoisotopic (exact) mass is 407 g/mol. The summed E-state index contributed by atoms with van der Waals surface area (Å²) in [6.07, 6.45) is -1.52. The summed E-state index contributed by atoms with van der Waals surface area (Å²) in [6.45, 7) is -0.0859. The van der Waals surface area contributed by atoms with Crippen LogP contribution >= 0.6 is 0 Å². The van der Waals surface area contributed by atoms with Gasteiger partial charge in [-0.05, 0) is 41.5 Å².